The van der Waals surface area contributed by atoms with Crippen molar-refractivity contribution in [1.82, 2.24) is 4.90 Å². The SMILES string of the molecule is CCC(=O)N(CCCCCC[C@@H]1Cc2cc(O)ccc2C2C1C1CC[C@H](O)[C@@]1(C)C[C@@H]2F)CC1CCCCC1. The van der Waals surface area contributed by atoms with Gasteiger partial charge in [-0.05, 0) is 104 Å². The molecule has 1 aromatic carbocycles. The Morgan fingerprint density at radius 1 is 1.08 bits per heavy atom. The lowest BCUT2D eigenvalue weighted by Gasteiger charge is -2.54. The first kappa shape index (κ1) is 28.9. The topological polar surface area (TPSA) is 60.8 Å². The Bertz CT molecular complexity index is 977. The summed E-state index contributed by atoms with van der Waals surface area (Å²) >= 11 is 0. The van der Waals surface area contributed by atoms with Gasteiger partial charge in [0, 0.05) is 25.4 Å². The molecule has 0 aliphatic heterocycles. The van der Waals surface area contributed by atoms with E-state index >= 15 is 4.39 Å². The maximum Gasteiger partial charge on any atom is 0.222 e. The molecule has 4 nitrogen and oxygen atoms in total. The number of benzene rings is 1. The minimum Gasteiger partial charge on any atom is -0.508 e. The molecule has 0 bridgehead atoms. The van der Waals surface area contributed by atoms with Gasteiger partial charge in [0.05, 0.1) is 6.10 Å². The lowest BCUT2D eigenvalue weighted by molar-refractivity contribution is -0.131. The Labute approximate surface area is 235 Å². The van der Waals surface area contributed by atoms with Gasteiger partial charge in [-0.25, -0.2) is 4.39 Å². The molecule has 1 aromatic rings. The Hall–Kier alpha value is -1.62. The van der Waals surface area contributed by atoms with Gasteiger partial charge >= 0.3 is 0 Å². The average molecular weight is 542 g/mol. The van der Waals surface area contributed by atoms with Crippen LogP contribution in [0.4, 0.5) is 4.39 Å². The minimum absolute atomic E-state index is 0.115. The molecule has 5 heteroatoms. The van der Waals surface area contributed by atoms with Crippen molar-refractivity contribution in [1.29, 1.82) is 0 Å². The lowest BCUT2D eigenvalue weighted by Crippen LogP contribution is -2.51. The van der Waals surface area contributed by atoms with Crippen molar-refractivity contribution in [3.8, 4) is 5.75 Å². The van der Waals surface area contributed by atoms with Crippen molar-refractivity contribution in [2.75, 3.05) is 13.1 Å². The third kappa shape index (κ3) is 6.04. The molecule has 7 atom stereocenters. The Morgan fingerprint density at radius 2 is 1.85 bits per heavy atom. The number of rotatable bonds is 10. The first-order chi connectivity index (χ1) is 18.8. The van der Waals surface area contributed by atoms with Crippen molar-refractivity contribution < 1.29 is 19.4 Å². The Balaban J connectivity index is 1.19. The molecule has 1 amide bonds. The van der Waals surface area contributed by atoms with Gasteiger partial charge in [-0.15, -0.1) is 0 Å². The third-order valence-corrected chi connectivity index (χ3v) is 11.4. The fourth-order valence-corrected chi connectivity index (χ4v) is 9.32. The molecule has 3 unspecified atom stereocenters. The second-order valence-electron chi connectivity index (χ2n) is 13.8. The van der Waals surface area contributed by atoms with E-state index in [1.165, 1.54) is 32.1 Å². The molecule has 0 heterocycles. The number of alkyl halides is 1. The lowest BCUT2D eigenvalue weighted by atomic mass is 9.51. The van der Waals surface area contributed by atoms with Gasteiger partial charge in [0.25, 0.3) is 0 Å². The molecule has 4 aliphatic rings. The van der Waals surface area contributed by atoms with Crippen molar-refractivity contribution in [3.63, 3.8) is 0 Å². The van der Waals surface area contributed by atoms with Crippen molar-refractivity contribution in [3.05, 3.63) is 29.3 Å². The molecule has 0 spiro atoms. The summed E-state index contributed by atoms with van der Waals surface area (Å²) in [5.41, 5.74) is 1.91. The van der Waals surface area contributed by atoms with Crippen molar-refractivity contribution in [2.45, 2.75) is 128 Å². The zero-order valence-corrected chi connectivity index (χ0v) is 24.4. The summed E-state index contributed by atoms with van der Waals surface area (Å²) in [6.45, 7) is 5.94. The summed E-state index contributed by atoms with van der Waals surface area (Å²) in [5, 5.41) is 21.0. The monoisotopic (exact) mass is 541 g/mol. The van der Waals surface area contributed by atoms with Crippen LogP contribution in [0.25, 0.3) is 0 Å². The molecule has 2 N–H and O–H groups in total. The number of carbonyl (C=O) groups is 1. The van der Waals surface area contributed by atoms with E-state index in [1.807, 2.05) is 19.1 Å². The van der Waals surface area contributed by atoms with Crippen molar-refractivity contribution >= 4 is 5.91 Å². The predicted octanol–water partition coefficient (Wildman–Crippen LogP) is 7.55. The van der Waals surface area contributed by atoms with Crippen LogP contribution in [0.15, 0.2) is 18.2 Å². The van der Waals surface area contributed by atoms with E-state index in [0.29, 0.717) is 36.5 Å². The summed E-state index contributed by atoms with van der Waals surface area (Å²) in [5.74, 6) is 2.17. The zero-order chi connectivity index (χ0) is 27.6. The number of phenolic OH excluding ortho intramolecular Hbond substituents is 1. The Morgan fingerprint density at radius 3 is 2.62 bits per heavy atom. The fraction of sp³-hybridized carbons (Fsp3) is 0.794. The molecule has 4 aliphatic carbocycles. The number of hydrogen-bond donors (Lipinski definition) is 2. The van der Waals surface area contributed by atoms with Crippen molar-refractivity contribution in [2.24, 2.45) is 29.1 Å². The molecular formula is C34H52FNO3. The van der Waals surface area contributed by atoms with Crippen LogP contribution in [0.3, 0.4) is 0 Å². The number of hydrogen-bond acceptors (Lipinski definition) is 3. The molecule has 0 aromatic heterocycles. The standard InChI is InChI=1S/C34H52FNO3/c1-3-31(39)36(22-23-11-7-6-8-12-23)18-10-5-4-9-13-24-19-25-20-26(37)14-15-27(25)33-29(35)21-34(2)28(32(24)33)16-17-30(34)38/h14-15,20,23-24,28-30,32-33,37-38H,3-13,16-19,21-22H2,1-2H3/t24-,28?,29+,30+,32?,33?,34+/m1/s1. The second-order valence-corrected chi connectivity index (χ2v) is 13.8. The van der Waals surface area contributed by atoms with Crippen LogP contribution >= 0.6 is 0 Å². The molecule has 0 radical (unpaired) electrons. The molecule has 0 saturated heterocycles. The van der Waals surface area contributed by atoms with Gasteiger partial charge in [0.2, 0.25) is 5.91 Å². The quantitative estimate of drug-likeness (QED) is 0.301. The van der Waals surface area contributed by atoms with E-state index in [-0.39, 0.29) is 23.0 Å². The van der Waals surface area contributed by atoms with E-state index in [1.54, 1.807) is 6.07 Å². The highest BCUT2D eigenvalue weighted by atomic mass is 19.1. The van der Waals surface area contributed by atoms with E-state index < -0.39 is 12.3 Å². The second kappa shape index (κ2) is 12.5. The summed E-state index contributed by atoms with van der Waals surface area (Å²) in [6.07, 6.45) is 14.4. The van der Waals surface area contributed by atoms with Gasteiger partial charge in [0.1, 0.15) is 11.9 Å². The average Bonchev–Trinajstić information content (AvgIpc) is 3.22. The molecule has 5 rings (SSSR count). The smallest absolute Gasteiger partial charge is 0.222 e. The number of nitrogens with zero attached hydrogens (tertiary/aromatic N) is 1. The van der Waals surface area contributed by atoms with Crippen LogP contribution in [0.2, 0.25) is 0 Å². The first-order valence-corrected chi connectivity index (χ1v) is 16.2. The maximum absolute atomic E-state index is 15.9. The first-order valence-electron chi connectivity index (χ1n) is 16.2. The number of phenols is 1. The summed E-state index contributed by atoms with van der Waals surface area (Å²) in [4.78, 5) is 14.7. The van der Waals surface area contributed by atoms with Gasteiger partial charge in [-0.2, -0.15) is 0 Å². The predicted molar refractivity (Wildman–Crippen MR) is 154 cm³/mol. The van der Waals surface area contributed by atoms with Crippen LogP contribution < -0.4 is 0 Å². The number of unbranched alkanes of at least 4 members (excludes halogenated alkanes) is 3. The van der Waals surface area contributed by atoms with Crippen LogP contribution in [-0.4, -0.2) is 46.4 Å². The highest BCUT2D eigenvalue weighted by molar-refractivity contribution is 5.75. The minimum atomic E-state index is -0.943. The highest BCUT2D eigenvalue weighted by Gasteiger charge is 2.59. The molecule has 39 heavy (non-hydrogen) atoms. The molecular weight excluding hydrogens is 489 g/mol. The number of aromatic hydroxyl groups is 1. The largest absolute Gasteiger partial charge is 0.508 e. The van der Waals surface area contributed by atoms with Crippen LogP contribution in [0.5, 0.6) is 5.75 Å². The molecule has 218 valence electrons. The highest BCUT2D eigenvalue weighted by Crippen LogP contribution is 2.63. The van der Waals surface area contributed by atoms with Gasteiger partial charge < -0.3 is 15.1 Å². The normalized spacial score (nSPS) is 34.3. The number of amides is 1. The van der Waals surface area contributed by atoms with Gasteiger partial charge in [0.15, 0.2) is 0 Å². The molecule has 3 fully saturated rings. The van der Waals surface area contributed by atoms with E-state index in [0.717, 1.165) is 75.6 Å². The third-order valence-electron chi connectivity index (χ3n) is 11.4. The zero-order valence-electron chi connectivity index (χ0n) is 24.4. The van der Waals surface area contributed by atoms with E-state index in [2.05, 4.69) is 11.8 Å². The summed E-state index contributed by atoms with van der Waals surface area (Å²) in [7, 11) is 0. The number of aliphatic hydroxyl groups is 1. The molecule has 3 saturated carbocycles. The van der Waals surface area contributed by atoms with E-state index in [4.69, 9.17) is 0 Å². The number of carbonyl (C=O) groups excluding carboxylic acids is 1. The number of halogens is 1. The van der Waals surface area contributed by atoms with Crippen LogP contribution in [0, 0.1) is 29.1 Å². The van der Waals surface area contributed by atoms with Crippen LogP contribution in [0.1, 0.15) is 121 Å². The van der Waals surface area contributed by atoms with Gasteiger partial charge in [-0.3, -0.25) is 4.79 Å². The van der Waals surface area contributed by atoms with E-state index in [9.17, 15) is 15.0 Å². The number of aliphatic hydroxyl groups excluding tert-OH is 1. The maximum atomic E-state index is 15.9. The van der Waals surface area contributed by atoms with Crippen LogP contribution in [-0.2, 0) is 11.2 Å². The van der Waals surface area contributed by atoms with Gasteiger partial charge in [-0.1, -0.05) is 58.4 Å². The number of fused-ring (bicyclic) bond motifs is 5. The fourth-order valence-electron chi connectivity index (χ4n) is 9.32. The Kier molecular flexibility index (Phi) is 9.25. The summed E-state index contributed by atoms with van der Waals surface area (Å²) < 4.78 is 15.9. The summed E-state index contributed by atoms with van der Waals surface area (Å²) in [6, 6.07) is 5.56.